The van der Waals surface area contributed by atoms with Crippen molar-refractivity contribution in [2.75, 3.05) is 5.32 Å². The van der Waals surface area contributed by atoms with Crippen LogP contribution in [0.1, 0.15) is 41.1 Å². The molecular weight excluding hydrogens is 306 g/mol. The van der Waals surface area contributed by atoms with Crippen LogP contribution >= 0.6 is 0 Å². The molecule has 0 aromatic heterocycles. The van der Waals surface area contributed by atoms with Gasteiger partial charge in [0.25, 0.3) is 0 Å². The van der Waals surface area contributed by atoms with E-state index in [-0.39, 0.29) is 6.04 Å². The average molecular weight is 329 g/mol. The van der Waals surface area contributed by atoms with Gasteiger partial charge in [-0.3, -0.25) is 0 Å². The highest BCUT2D eigenvalue weighted by molar-refractivity contribution is 5.62. The molecule has 1 aliphatic rings. The number of benzene rings is 3. The standard InChI is InChI=1S/C23H23NO/c1-17-9-8-14-20(23(25)15-16-23)21(17)24-22(18-10-4-2-5-11-18)19-12-6-3-7-13-19/h2-14,22,24-25H,15-16H2,1H3. The van der Waals surface area contributed by atoms with E-state index in [4.69, 9.17) is 0 Å². The molecule has 0 radical (unpaired) electrons. The summed E-state index contributed by atoms with van der Waals surface area (Å²) in [4.78, 5) is 0. The second kappa shape index (κ2) is 6.38. The lowest BCUT2D eigenvalue weighted by atomic mass is 9.95. The number of anilines is 1. The molecule has 1 fully saturated rings. The highest BCUT2D eigenvalue weighted by Gasteiger charge is 2.44. The van der Waals surface area contributed by atoms with E-state index in [1.54, 1.807) is 0 Å². The second-order valence-electron chi connectivity index (χ2n) is 6.93. The predicted molar refractivity (Wildman–Crippen MR) is 103 cm³/mol. The summed E-state index contributed by atoms with van der Waals surface area (Å²) >= 11 is 0. The summed E-state index contributed by atoms with van der Waals surface area (Å²) in [5.74, 6) is 0. The molecule has 25 heavy (non-hydrogen) atoms. The fraction of sp³-hybridized carbons (Fsp3) is 0.217. The molecule has 0 saturated heterocycles. The Morgan fingerprint density at radius 2 is 1.36 bits per heavy atom. The van der Waals surface area contributed by atoms with Gasteiger partial charge < -0.3 is 10.4 Å². The second-order valence-corrected chi connectivity index (χ2v) is 6.93. The molecule has 2 nitrogen and oxygen atoms in total. The van der Waals surface area contributed by atoms with Crippen LogP contribution in [0.2, 0.25) is 0 Å². The Bertz CT molecular complexity index is 814. The summed E-state index contributed by atoms with van der Waals surface area (Å²) in [7, 11) is 0. The van der Waals surface area contributed by atoms with Crippen molar-refractivity contribution in [2.24, 2.45) is 0 Å². The van der Waals surface area contributed by atoms with Crippen LogP contribution < -0.4 is 5.32 Å². The van der Waals surface area contributed by atoms with Gasteiger partial charge in [0, 0.05) is 11.3 Å². The maximum absolute atomic E-state index is 10.7. The van der Waals surface area contributed by atoms with Crippen LogP contribution in [0.3, 0.4) is 0 Å². The lowest BCUT2D eigenvalue weighted by Crippen LogP contribution is -2.17. The summed E-state index contributed by atoms with van der Waals surface area (Å²) in [6, 6.07) is 27.2. The third-order valence-electron chi connectivity index (χ3n) is 5.05. The molecular formula is C23H23NO. The number of aliphatic hydroxyl groups is 1. The summed E-state index contributed by atoms with van der Waals surface area (Å²) in [6.07, 6.45) is 1.68. The van der Waals surface area contributed by atoms with E-state index in [1.165, 1.54) is 11.1 Å². The molecule has 0 heterocycles. The first-order valence-corrected chi connectivity index (χ1v) is 8.86. The van der Waals surface area contributed by atoms with Crippen LogP contribution in [0.5, 0.6) is 0 Å². The van der Waals surface area contributed by atoms with Crippen molar-refractivity contribution < 1.29 is 5.11 Å². The van der Waals surface area contributed by atoms with Gasteiger partial charge in [-0.05, 0) is 36.5 Å². The van der Waals surface area contributed by atoms with Gasteiger partial charge >= 0.3 is 0 Å². The number of hydrogen-bond acceptors (Lipinski definition) is 2. The zero-order valence-electron chi connectivity index (χ0n) is 14.4. The zero-order valence-corrected chi connectivity index (χ0v) is 14.4. The first-order valence-electron chi connectivity index (χ1n) is 8.86. The minimum atomic E-state index is -0.660. The van der Waals surface area contributed by atoms with E-state index in [2.05, 4.69) is 72.9 Å². The molecule has 3 aromatic carbocycles. The Labute approximate surface area is 149 Å². The van der Waals surface area contributed by atoms with E-state index >= 15 is 0 Å². The average Bonchev–Trinajstić information content (AvgIpc) is 3.40. The van der Waals surface area contributed by atoms with Gasteiger partial charge in [-0.25, -0.2) is 0 Å². The molecule has 0 atom stereocenters. The quantitative estimate of drug-likeness (QED) is 0.676. The van der Waals surface area contributed by atoms with Crippen molar-refractivity contribution in [2.45, 2.75) is 31.4 Å². The lowest BCUT2D eigenvalue weighted by molar-refractivity contribution is 0.152. The number of rotatable bonds is 5. The number of hydrogen-bond donors (Lipinski definition) is 2. The van der Waals surface area contributed by atoms with Gasteiger partial charge in [-0.1, -0.05) is 78.9 Å². The van der Waals surface area contributed by atoms with Gasteiger partial charge in [-0.2, -0.15) is 0 Å². The molecule has 0 bridgehead atoms. The highest BCUT2D eigenvalue weighted by Crippen LogP contribution is 2.49. The lowest BCUT2D eigenvalue weighted by Gasteiger charge is -2.25. The molecule has 0 unspecified atom stereocenters. The van der Waals surface area contributed by atoms with Gasteiger partial charge in [0.05, 0.1) is 11.6 Å². The van der Waals surface area contributed by atoms with Crippen LogP contribution in [-0.2, 0) is 5.60 Å². The molecule has 126 valence electrons. The Hall–Kier alpha value is -2.58. The van der Waals surface area contributed by atoms with E-state index in [1.807, 2.05) is 18.2 Å². The van der Waals surface area contributed by atoms with Gasteiger partial charge in [-0.15, -0.1) is 0 Å². The van der Waals surface area contributed by atoms with Crippen LogP contribution in [0.15, 0.2) is 78.9 Å². The fourth-order valence-electron chi connectivity index (χ4n) is 3.43. The highest BCUT2D eigenvalue weighted by atomic mass is 16.3. The first kappa shape index (κ1) is 15.9. The minimum absolute atomic E-state index is 0.0459. The molecule has 2 heteroatoms. The number of aryl methyl sites for hydroxylation is 1. The van der Waals surface area contributed by atoms with Crippen LogP contribution in [0.25, 0.3) is 0 Å². The largest absolute Gasteiger partial charge is 0.385 e. The van der Waals surface area contributed by atoms with Crippen molar-refractivity contribution >= 4 is 5.69 Å². The normalized spacial score (nSPS) is 15.2. The SMILES string of the molecule is Cc1cccc(C2(O)CC2)c1NC(c1ccccc1)c1ccccc1. The Morgan fingerprint density at radius 1 is 0.800 bits per heavy atom. The van der Waals surface area contributed by atoms with Crippen molar-refractivity contribution in [1.82, 2.24) is 0 Å². The number of nitrogens with one attached hydrogen (secondary N) is 1. The maximum Gasteiger partial charge on any atom is 0.0918 e. The van der Waals surface area contributed by atoms with Crippen molar-refractivity contribution in [3.8, 4) is 0 Å². The molecule has 3 aromatic rings. The molecule has 2 N–H and O–H groups in total. The summed E-state index contributed by atoms with van der Waals surface area (Å²) in [5, 5.41) is 14.5. The monoisotopic (exact) mass is 329 g/mol. The predicted octanol–water partition coefficient (Wildman–Crippen LogP) is 5.18. The third-order valence-corrected chi connectivity index (χ3v) is 5.05. The first-order chi connectivity index (χ1) is 12.2. The van der Waals surface area contributed by atoms with Crippen LogP contribution in [0.4, 0.5) is 5.69 Å². The Kier molecular flexibility index (Phi) is 4.06. The zero-order chi connectivity index (χ0) is 17.3. The van der Waals surface area contributed by atoms with Crippen molar-refractivity contribution in [3.05, 3.63) is 101 Å². The van der Waals surface area contributed by atoms with E-state index in [0.29, 0.717) is 0 Å². The van der Waals surface area contributed by atoms with Crippen molar-refractivity contribution in [3.63, 3.8) is 0 Å². The smallest absolute Gasteiger partial charge is 0.0918 e. The summed E-state index contributed by atoms with van der Waals surface area (Å²) in [6.45, 7) is 2.10. The Balaban J connectivity index is 1.78. The topological polar surface area (TPSA) is 32.3 Å². The fourth-order valence-corrected chi connectivity index (χ4v) is 3.43. The van der Waals surface area contributed by atoms with Gasteiger partial charge in [0.15, 0.2) is 0 Å². The van der Waals surface area contributed by atoms with Crippen LogP contribution in [0, 0.1) is 6.92 Å². The van der Waals surface area contributed by atoms with E-state index < -0.39 is 5.60 Å². The van der Waals surface area contributed by atoms with Gasteiger partial charge in [0.1, 0.15) is 0 Å². The van der Waals surface area contributed by atoms with Crippen LogP contribution in [-0.4, -0.2) is 5.11 Å². The Morgan fingerprint density at radius 3 is 1.88 bits per heavy atom. The van der Waals surface area contributed by atoms with Crippen molar-refractivity contribution in [1.29, 1.82) is 0 Å². The number of para-hydroxylation sites is 1. The summed E-state index contributed by atoms with van der Waals surface area (Å²) < 4.78 is 0. The maximum atomic E-state index is 10.7. The van der Waals surface area contributed by atoms with E-state index in [9.17, 15) is 5.11 Å². The van der Waals surface area contributed by atoms with Gasteiger partial charge in [0.2, 0.25) is 0 Å². The molecule has 0 aliphatic heterocycles. The molecule has 0 spiro atoms. The minimum Gasteiger partial charge on any atom is -0.385 e. The molecule has 1 saturated carbocycles. The summed E-state index contributed by atoms with van der Waals surface area (Å²) in [5.41, 5.74) is 5.00. The molecule has 4 rings (SSSR count). The van der Waals surface area contributed by atoms with E-state index in [0.717, 1.165) is 29.7 Å². The molecule has 0 amide bonds. The molecule has 1 aliphatic carbocycles. The third kappa shape index (κ3) is 3.18.